The Morgan fingerprint density at radius 3 is 2.84 bits per heavy atom. The lowest BCUT2D eigenvalue weighted by atomic mass is 10.1. The molecule has 0 radical (unpaired) electrons. The van der Waals surface area contributed by atoms with Crippen LogP contribution in [0.3, 0.4) is 0 Å². The van der Waals surface area contributed by atoms with Crippen molar-refractivity contribution in [1.29, 1.82) is 5.26 Å². The fraction of sp³-hybridized carbons (Fsp3) is 0.455. The summed E-state index contributed by atoms with van der Waals surface area (Å²) in [5, 5.41) is 26.4. The number of hydrogen-bond donors (Lipinski definition) is 2. The molecule has 0 spiro atoms. The Morgan fingerprint density at radius 1 is 1.29 bits per heavy atom. The minimum absolute atomic E-state index is 0.380. The van der Waals surface area contributed by atoms with Crippen molar-refractivity contribution >= 4 is 33.9 Å². The van der Waals surface area contributed by atoms with Crippen LogP contribution < -0.4 is 10.6 Å². The summed E-state index contributed by atoms with van der Waals surface area (Å²) in [5.41, 5.74) is 3.76. The van der Waals surface area contributed by atoms with E-state index < -0.39 is 0 Å². The smallest absolute Gasteiger partial charge is 0.103 e. The fourth-order valence-corrected chi connectivity index (χ4v) is 4.17. The number of nitrogens with zero attached hydrogens (tertiary/aromatic N) is 6. The van der Waals surface area contributed by atoms with Gasteiger partial charge in [-0.1, -0.05) is 29.7 Å². The van der Waals surface area contributed by atoms with E-state index in [4.69, 9.17) is 11.6 Å². The molecule has 2 N–H and O–H groups in total. The van der Waals surface area contributed by atoms with Crippen molar-refractivity contribution in [1.82, 2.24) is 24.9 Å². The Kier molecular flexibility index (Phi) is 6.54. The van der Waals surface area contributed by atoms with Gasteiger partial charge in [-0.15, -0.1) is 5.10 Å². The Morgan fingerprint density at radius 2 is 2.10 bits per heavy atom. The first-order chi connectivity index (χ1) is 15.0. The van der Waals surface area contributed by atoms with E-state index in [0.29, 0.717) is 28.7 Å². The summed E-state index contributed by atoms with van der Waals surface area (Å²) >= 11 is 6.55. The topological polar surface area (TPSA) is 94.7 Å². The number of nitrogens with one attached hydrogen (secondary N) is 2. The van der Waals surface area contributed by atoms with Crippen molar-refractivity contribution in [3.8, 4) is 6.07 Å². The number of anilines is 2. The van der Waals surface area contributed by atoms with Crippen molar-refractivity contribution in [2.45, 2.75) is 44.8 Å². The summed E-state index contributed by atoms with van der Waals surface area (Å²) in [5.74, 6) is 0. The molecule has 0 saturated heterocycles. The van der Waals surface area contributed by atoms with E-state index in [1.165, 1.54) is 12.8 Å². The summed E-state index contributed by atoms with van der Waals surface area (Å²) in [7, 11) is 4.07. The molecule has 0 atom stereocenters. The molecule has 1 fully saturated rings. The van der Waals surface area contributed by atoms with Gasteiger partial charge >= 0.3 is 0 Å². The molecule has 31 heavy (non-hydrogen) atoms. The Hall–Kier alpha value is -2.89. The monoisotopic (exact) mass is 438 g/mol. The molecule has 0 unspecified atom stereocenters. The van der Waals surface area contributed by atoms with E-state index in [1.807, 2.05) is 37.1 Å². The Bertz CT molecular complexity index is 1090. The summed E-state index contributed by atoms with van der Waals surface area (Å²) in [6.07, 6.45) is 8.20. The van der Waals surface area contributed by atoms with Crippen LogP contribution in [0, 0.1) is 11.3 Å². The predicted octanol–water partition coefficient (Wildman–Crippen LogP) is 3.88. The molecule has 9 heteroatoms. The maximum atomic E-state index is 9.62. The number of hydrogen-bond acceptors (Lipinski definition) is 7. The number of likely N-dealkylation sites (N-methyl/N-ethyl adjacent to an activating group) is 1. The molecule has 1 aliphatic rings. The third kappa shape index (κ3) is 5.06. The summed E-state index contributed by atoms with van der Waals surface area (Å²) < 4.78 is 1.84. The van der Waals surface area contributed by atoms with E-state index in [2.05, 4.69) is 36.9 Å². The quantitative estimate of drug-likeness (QED) is 0.551. The maximum absolute atomic E-state index is 9.62. The van der Waals surface area contributed by atoms with Crippen molar-refractivity contribution in [3.63, 3.8) is 0 Å². The summed E-state index contributed by atoms with van der Waals surface area (Å²) in [4.78, 5) is 6.54. The average Bonchev–Trinajstić information content (AvgIpc) is 3.43. The molecule has 4 rings (SSSR count). The molecule has 1 saturated carbocycles. The zero-order valence-electron chi connectivity index (χ0n) is 17.9. The minimum atomic E-state index is 0.380. The van der Waals surface area contributed by atoms with Gasteiger partial charge in [-0.2, -0.15) is 5.26 Å². The Labute approximate surface area is 187 Å². The van der Waals surface area contributed by atoms with Crippen LogP contribution in [-0.4, -0.2) is 51.6 Å². The number of halogens is 1. The second-order valence-corrected chi connectivity index (χ2v) is 8.68. The van der Waals surface area contributed by atoms with Crippen molar-refractivity contribution in [2.24, 2.45) is 0 Å². The number of pyridine rings is 1. The van der Waals surface area contributed by atoms with Gasteiger partial charge in [0.15, 0.2) is 0 Å². The molecule has 3 aromatic rings. The summed E-state index contributed by atoms with van der Waals surface area (Å²) in [6.45, 7) is 2.22. The largest absolute Gasteiger partial charge is 0.381 e. The minimum Gasteiger partial charge on any atom is -0.381 e. The second kappa shape index (κ2) is 9.50. The fourth-order valence-electron chi connectivity index (χ4n) is 3.90. The number of fused-ring (bicyclic) bond motifs is 1. The molecule has 2 aromatic heterocycles. The maximum Gasteiger partial charge on any atom is 0.103 e. The van der Waals surface area contributed by atoms with Crippen molar-refractivity contribution in [2.75, 3.05) is 31.3 Å². The standard InChI is InChI=1S/C22H27ClN8/c1-30(2)7-8-31-14-18(28-29-31)13-25-17-9-19-21(27-16-5-3-4-6-16)15(11-24)12-26-22(19)20(23)10-17/h9-10,12,14,16,25H,3-8,13H2,1-2H3,(H,26,27). The SMILES string of the molecule is CN(C)CCn1cc(CNc2cc(Cl)c3ncc(C#N)c(NC4CCCC4)c3c2)nn1. The lowest BCUT2D eigenvalue weighted by Crippen LogP contribution is -2.18. The normalized spacial score (nSPS) is 14.3. The molecule has 1 aliphatic carbocycles. The number of rotatable bonds is 8. The number of nitriles is 1. The van der Waals surface area contributed by atoms with Crippen LogP contribution in [0.25, 0.3) is 10.9 Å². The molecular weight excluding hydrogens is 412 g/mol. The van der Waals surface area contributed by atoms with Crippen LogP contribution in [0.5, 0.6) is 0 Å². The van der Waals surface area contributed by atoms with Crippen LogP contribution in [0.2, 0.25) is 5.02 Å². The third-order valence-corrected chi connectivity index (χ3v) is 5.87. The van der Waals surface area contributed by atoms with Gasteiger partial charge < -0.3 is 15.5 Å². The van der Waals surface area contributed by atoms with E-state index in [1.54, 1.807) is 6.20 Å². The van der Waals surface area contributed by atoms with Gasteiger partial charge in [0, 0.05) is 29.9 Å². The lowest BCUT2D eigenvalue weighted by molar-refractivity contribution is 0.370. The van der Waals surface area contributed by atoms with Crippen LogP contribution in [-0.2, 0) is 13.1 Å². The van der Waals surface area contributed by atoms with E-state index >= 15 is 0 Å². The van der Waals surface area contributed by atoms with Gasteiger partial charge in [-0.05, 0) is 39.1 Å². The van der Waals surface area contributed by atoms with Gasteiger partial charge in [0.05, 0.1) is 41.1 Å². The molecule has 0 aliphatic heterocycles. The first-order valence-electron chi connectivity index (χ1n) is 10.6. The molecular formula is C22H27ClN8. The highest BCUT2D eigenvalue weighted by Gasteiger charge is 2.19. The molecule has 0 amide bonds. The lowest BCUT2D eigenvalue weighted by Gasteiger charge is -2.18. The van der Waals surface area contributed by atoms with E-state index in [0.717, 1.165) is 48.4 Å². The van der Waals surface area contributed by atoms with Crippen LogP contribution in [0.15, 0.2) is 24.5 Å². The molecule has 162 valence electrons. The average molecular weight is 439 g/mol. The zero-order valence-corrected chi connectivity index (χ0v) is 18.7. The molecule has 8 nitrogen and oxygen atoms in total. The second-order valence-electron chi connectivity index (χ2n) is 8.27. The van der Waals surface area contributed by atoms with Gasteiger partial charge in [0.25, 0.3) is 0 Å². The van der Waals surface area contributed by atoms with Crippen LogP contribution in [0.4, 0.5) is 11.4 Å². The molecule has 1 aromatic carbocycles. The van der Waals surface area contributed by atoms with Gasteiger partial charge in [-0.3, -0.25) is 9.67 Å². The first-order valence-corrected chi connectivity index (χ1v) is 11.0. The highest BCUT2D eigenvalue weighted by atomic mass is 35.5. The van der Waals surface area contributed by atoms with Crippen LogP contribution >= 0.6 is 11.6 Å². The van der Waals surface area contributed by atoms with E-state index in [9.17, 15) is 5.26 Å². The van der Waals surface area contributed by atoms with Crippen LogP contribution in [0.1, 0.15) is 36.9 Å². The highest BCUT2D eigenvalue weighted by molar-refractivity contribution is 6.35. The van der Waals surface area contributed by atoms with Gasteiger partial charge in [0.1, 0.15) is 11.8 Å². The predicted molar refractivity (Wildman–Crippen MR) is 123 cm³/mol. The van der Waals surface area contributed by atoms with Crippen molar-refractivity contribution < 1.29 is 0 Å². The first kappa shape index (κ1) is 21.3. The molecule has 0 bridgehead atoms. The van der Waals surface area contributed by atoms with Gasteiger partial charge in [0.2, 0.25) is 0 Å². The number of aromatic nitrogens is 4. The zero-order chi connectivity index (χ0) is 21.8. The Balaban J connectivity index is 1.56. The highest BCUT2D eigenvalue weighted by Crippen LogP contribution is 2.35. The van der Waals surface area contributed by atoms with Gasteiger partial charge in [-0.25, -0.2) is 0 Å². The summed E-state index contributed by atoms with van der Waals surface area (Å²) in [6, 6.07) is 6.51. The third-order valence-electron chi connectivity index (χ3n) is 5.58. The number of benzene rings is 1. The van der Waals surface area contributed by atoms with E-state index in [-0.39, 0.29) is 0 Å². The molecule has 2 heterocycles. The van der Waals surface area contributed by atoms with Crippen molar-refractivity contribution in [3.05, 3.63) is 40.8 Å².